The number of carbonyl (C=O) groups is 2. The van der Waals surface area contributed by atoms with Crippen LogP contribution in [0.2, 0.25) is 0 Å². The Morgan fingerprint density at radius 2 is 2.00 bits per heavy atom. The molecule has 0 bridgehead atoms. The molecule has 5 heteroatoms. The summed E-state index contributed by atoms with van der Waals surface area (Å²) in [6.45, 7) is 8.21. The summed E-state index contributed by atoms with van der Waals surface area (Å²) in [7, 11) is 1.64. The fourth-order valence-electron chi connectivity index (χ4n) is 3.95. The number of fused-ring (bicyclic) bond motifs is 1. The number of nitrogens with one attached hydrogen (secondary N) is 2. The Hall–Kier alpha value is -3.08. The average Bonchev–Trinajstić information content (AvgIpc) is 2.73. The number of hydrogen-bond acceptors (Lipinski definition) is 4. The van der Waals surface area contributed by atoms with Crippen molar-refractivity contribution in [3.05, 3.63) is 65.2 Å². The first kappa shape index (κ1) is 22.6. The molecule has 3 rings (SSSR count). The van der Waals surface area contributed by atoms with Crippen molar-refractivity contribution in [2.75, 3.05) is 12.4 Å². The molecule has 1 heterocycles. The molecule has 0 aromatic heterocycles. The van der Waals surface area contributed by atoms with Gasteiger partial charge in [0.05, 0.1) is 7.11 Å². The molecule has 0 radical (unpaired) electrons. The first-order chi connectivity index (χ1) is 14.7. The van der Waals surface area contributed by atoms with E-state index in [4.69, 9.17) is 4.74 Å². The number of benzene rings is 2. The Bertz CT molecular complexity index is 1010. The summed E-state index contributed by atoms with van der Waals surface area (Å²) in [5.74, 6) is 0.546. The van der Waals surface area contributed by atoms with E-state index in [-0.39, 0.29) is 23.1 Å². The van der Waals surface area contributed by atoms with Crippen molar-refractivity contribution in [1.82, 2.24) is 5.32 Å². The fraction of sp³-hybridized carbons (Fsp3) is 0.385. The highest BCUT2D eigenvalue weighted by molar-refractivity contribution is 6.09. The van der Waals surface area contributed by atoms with Crippen molar-refractivity contribution in [3.63, 3.8) is 0 Å². The highest BCUT2D eigenvalue weighted by Crippen LogP contribution is 2.32. The molecular weight excluding hydrogens is 388 g/mol. The number of anilines is 1. The summed E-state index contributed by atoms with van der Waals surface area (Å²) in [5.41, 5.74) is 3.93. The third-order valence-corrected chi connectivity index (χ3v) is 5.57. The molecule has 2 aromatic carbocycles. The van der Waals surface area contributed by atoms with E-state index in [0.29, 0.717) is 11.3 Å². The molecule has 1 unspecified atom stereocenters. The van der Waals surface area contributed by atoms with Crippen LogP contribution in [0, 0.1) is 5.92 Å². The van der Waals surface area contributed by atoms with E-state index in [1.165, 1.54) is 5.56 Å². The number of ketones is 1. The molecule has 1 atom stereocenters. The van der Waals surface area contributed by atoms with Gasteiger partial charge >= 0.3 is 0 Å². The molecule has 1 aliphatic heterocycles. The molecule has 5 nitrogen and oxygen atoms in total. The second-order valence-electron chi connectivity index (χ2n) is 8.89. The minimum absolute atomic E-state index is 0.0264. The molecule has 0 spiro atoms. The summed E-state index contributed by atoms with van der Waals surface area (Å²) in [6.07, 6.45) is 4.28. The average molecular weight is 421 g/mol. The van der Waals surface area contributed by atoms with Gasteiger partial charge in [0.15, 0.2) is 5.78 Å². The van der Waals surface area contributed by atoms with Gasteiger partial charge in [-0.25, -0.2) is 0 Å². The van der Waals surface area contributed by atoms with E-state index in [1.807, 2.05) is 25.1 Å². The third-order valence-electron chi connectivity index (χ3n) is 5.57. The summed E-state index contributed by atoms with van der Waals surface area (Å²) >= 11 is 0. The monoisotopic (exact) mass is 420 g/mol. The van der Waals surface area contributed by atoms with Crippen LogP contribution in [-0.4, -0.2) is 24.3 Å². The first-order valence-corrected chi connectivity index (χ1v) is 10.8. The normalized spacial score (nSPS) is 16.7. The predicted molar refractivity (Wildman–Crippen MR) is 125 cm³/mol. The van der Waals surface area contributed by atoms with Crippen LogP contribution in [0.1, 0.15) is 62.0 Å². The lowest BCUT2D eigenvalue weighted by Gasteiger charge is -2.35. The van der Waals surface area contributed by atoms with Crippen LogP contribution in [0.4, 0.5) is 5.69 Å². The van der Waals surface area contributed by atoms with Gasteiger partial charge in [-0.05, 0) is 56.5 Å². The summed E-state index contributed by atoms with van der Waals surface area (Å²) in [6, 6.07) is 13.1. The van der Waals surface area contributed by atoms with E-state index < -0.39 is 0 Å². The molecule has 1 amide bonds. The highest BCUT2D eigenvalue weighted by Gasteiger charge is 2.28. The largest absolute Gasteiger partial charge is 0.497 e. The zero-order valence-electron chi connectivity index (χ0n) is 19.0. The minimum atomic E-state index is -0.168. The Labute approximate surface area is 184 Å². The maximum atomic E-state index is 13.1. The maximum Gasteiger partial charge on any atom is 0.227 e. The van der Waals surface area contributed by atoms with Crippen LogP contribution in [-0.2, 0) is 11.2 Å². The van der Waals surface area contributed by atoms with E-state index in [0.717, 1.165) is 36.3 Å². The summed E-state index contributed by atoms with van der Waals surface area (Å²) in [5, 5.41) is 6.42. The zero-order valence-corrected chi connectivity index (χ0v) is 19.0. The van der Waals surface area contributed by atoms with Crippen molar-refractivity contribution in [2.45, 2.75) is 52.5 Å². The predicted octanol–water partition coefficient (Wildman–Crippen LogP) is 5.22. The number of ether oxygens (including phenoxy) is 1. The van der Waals surface area contributed by atoms with Crippen molar-refractivity contribution >= 4 is 23.1 Å². The second-order valence-corrected chi connectivity index (χ2v) is 8.89. The smallest absolute Gasteiger partial charge is 0.227 e. The van der Waals surface area contributed by atoms with E-state index >= 15 is 0 Å². The highest BCUT2D eigenvalue weighted by atomic mass is 16.5. The molecule has 0 fully saturated rings. The van der Waals surface area contributed by atoms with Gasteiger partial charge in [-0.3, -0.25) is 9.59 Å². The molecule has 31 heavy (non-hydrogen) atoms. The molecule has 0 saturated carbocycles. The number of methoxy groups -OCH3 is 1. The van der Waals surface area contributed by atoms with Crippen LogP contribution in [0.5, 0.6) is 5.75 Å². The summed E-state index contributed by atoms with van der Waals surface area (Å²) < 4.78 is 5.38. The maximum absolute atomic E-state index is 13.1. The fourth-order valence-corrected chi connectivity index (χ4v) is 3.95. The Morgan fingerprint density at radius 1 is 1.23 bits per heavy atom. The van der Waals surface area contributed by atoms with Crippen LogP contribution >= 0.6 is 0 Å². The van der Waals surface area contributed by atoms with Crippen LogP contribution in [0.15, 0.2) is 48.5 Å². The molecule has 0 aliphatic carbocycles. The van der Waals surface area contributed by atoms with Gasteiger partial charge in [0.2, 0.25) is 5.91 Å². The Kier molecular flexibility index (Phi) is 6.84. The Morgan fingerprint density at radius 3 is 2.71 bits per heavy atom. The quantitative estimate of drug-likeness (QED) is 0.476. The van der Waals surface area contributed by atoms with Gasteiger partial charge in [0.25, 0.3) is 0 Å². The number of hydrogen-bond donors (Lipinski definition) is 2. The van der Waals surface area contributed by atoms with Gasteiger partial charge in [-0.15, -0.1) is 0 Å². The zero-order chi connectivity index (χ0) is 22.6. The van der Waals surface area contributed by atoms with Crippen molar-refractivity contribution in [3.8, 4) is 5.75 Å². The first-order valence-electron chi connectivity index (χ1n) is 10.8. The molecule has 164 valence electrons. The molecule has 2 aromatic rings. The topological polar surface area (TPSA) is 67.4 Å². The van der Waals surface area contributed by atoms with Gasteiger partial charge in [-0.2, -0.15) is 0 Å². The number of amides is 1. The van der Waals surface area contributed by atoms with Gasteiger partial charge in [0, 0.05) is 40.0 Å². The molecular formula is C26H32N2O3. The van der Waals surface area contributed by atoms with Gasteiger partial charge in [-0.1, -0.05) is 38.5 Å². The Balaban J connectivity index is 1.88. The van der Waals surface area contributed by atoms with Crippen LogP contribution in [0.25, 0.3) is 5.70 Å². The SMILES string of the molecule is CCCC(C)C(=O)Nc1cccc(C(=O)/C=C2\NC(C)(C)Cc3ccc(OC)cc32)c1. The van der Waals surface area contributed by atoms with E-state index in [9.17, 15) is 9.59 Å². The third kappa shape index (κ3) is 5.54. The lowest BCUT2D eigenvalue weighted by molar-refractivity contribution is -0.119. The minimum Gasteiger partial charge on any atom is -0.497 e. The van der Waals surface area contributed by atoms with E-state index in [1.54, 1.807) is 31.4 Å². The molecule has 2 N–H and O–H groups in total. The summed E-state index contributed by atoms with van der Waals surface area (Å²) in [4.78, 5) is 25.4. The van der Waals surface area contributed by atoms with Crippen molar-refractivity contribution < 1.29 is 14.3 Å². The van der Waals surface area contributed by atoms with Crippen LogP contribution in [0.3, 0.4) is 0 Å². The van der Waals surface area contributed by atoms with Gasteiger partial charge in [0.1, 0.15) is 5.75 Å². The number of rotatable bonds is 7. The lowest BCUT2D eigenvalue weighted by atomic mass is 9.85. The van der Waals surface area contributed by atoms with Crippen LogP contribution < -0.4 is 15.4 Å². The van der Waals surface area contributed by atoms with Crippen molar-refractivity contribution in [2.24, 2.45) is 5.92 Å². The standard InChI is InChI=1S/C26H32N2O3/c1-6-8-17(2)25(30)27-20-10-7-9-18(13-20)24(29)15-23-22-14-21(31-5)12-11-19(22)16-26(3,4)28-23/h7,9-15,17,28H,6,8,16H2,1-5H3,(H,27,30)/b23-15-. The van der Waals surface area contributed by atoms with Gasteiger partial charge < -0.3 is 15.4 Å². The van der Waals surface area contributed by atoms with E-state index in [2.05, 4.69) is 37.5 Å². The molecule has 0 saturated heterocycles. The second kappa shape index (κ2) is 9.38. The van der Waals surface area contributed by atoms with Crippen molar-refractivity contribution in [1.29, 1.82) is 0 Å². The lowest BCUT2D eigenvalue weighted by Crippen LogP contribution is -2.43. The number of allylic oxidation sites excluding steroid dienone is 1. The molecule has 1 aliphatic rings. The number of carbonyl (C=O) groups excluding carboxylic acids is 2.